The van der Waals surface area contributed by atoms with Crippen molar-refractivity contribution in [2.24, 2.45) is 0 Å². The van der Waals surface area contributed by atoms with Crippen LogP contribution in [-0.4, -0.2) is 0 Å². The molecule has 0 radical (unpaired) electrons. The molecule has 0 unspecified atom stereocenters. The van der Waals surface area contributed by atoms with E-state index in [1.54, 1.807) is 0 Å². The number of rotatable bonds is 0. The quantitative estimate of drug-likeness (QED) is 0.145. The van der Waals surface area contributed by atoms with Gasteiger partial charge in [-0.3, -0.25) is 0 Å². The minimum Gasteiger partial charge on any atom is -0.152 e. The summed E-state index contributed by atoms with van der Waals surface area (Å²) in [5.41, 5.74) is 15.7. The van der Waals surface area contributed by atoms with Crippen LogP contribution in [0.1, 0.15) is 22.3 Å². The Balaban J connectivity index is 1.23. The number of thioether (sulfide) groups is 2. The van der Waals surface area contributed by atoms with Crippen molar-refractivity contribution in [1.82, 2.24) is 0 Å². The van der Waals surface area contributed by atoms with Crippen LogP contribution < -0.4 is 0 Å². The van der Waals surface area contributed by atoms with Gasteiger partial charge in [-0.15, -0.1) is 0 Å². The van der Waals surface area contributed by atoms with Gasteiger partial charge in [0, 0.05) is 26.6 Å². The van der Waals surface area contributed by atoms with Crippen molar-refractivity contribution >= 4 is 46.1 Å². The Labute approximate surface area is 277 Å². The Morgan fingerprint density at radius 3 is 1.19 bits per heavy atom. The third-order valence-electron chi connectivity index (χ3n) is 7.99. The van der Waals surface area contributed by atoms with Crippen LogP contribution in [0.5, 0.6) is 0 Å². The van der Waals surface area contributed by atoms with Crippen LogP contribution >= 0.6 is 46.1 Å². The summed E-state index contributed by atoms with van der Waals surface area (Å²) in [4.78, 5) is 0. The average Bonchev–Trinajstić information content (AvgIpc) is 3.06. The summed E-state index contributed by atoms with van der Waals surface area (Å²) in [5, 5.41) is 0. The monoisotopic (exact) mass is 702 g/mol. The molecular formula is C40H31IS2. The topological polar surface area (TPSA) is 0 Å². The first-order chi connectivity index (χ1) is 21.2. The van der Waals surface area contributed by atoms with E-state index in [2.05, 4.69) is 162 Å². The van der Waals surface area contributed by atoms with Gasteiger partial charge >= 0.3 is 0 Å². The van der Waals surface area contributed by atoms with Crippen molar-refractivity contribution in [3.05, 3.63) is 165 Å². The second-order valence-corrected chi connectivity index (χ2v) is 14.1. The summed E-state index contributed by atoms with van der Waals surface area (Å²) in [7, 11) is 0. The van der Waals surface area contributed by atoms with Crippen molar-refractivity contribution < 1.29 is 0 Å². The lowest BCUT2D eigenvalue weighted by Gasteiger charge is -2.12. The molecule has 3 heterocycles. The minimum absolute atomic E-state index is 0.994. The van der Waals surface area contributed by atoms with E-state index >= 15 is 0 Å². The predicted octanol–water partition coefficient (Wildman–Crippen LogP) is 12.1. The molecular weight excluding hydrogens is 671 g/mol. The maximum atomic E-state index is 2.53. The number of benzene rings is 6. The zero-order valence-electron chi connectivity index (χ0n) is 23.8. The second-order valence-electron chi connectivity index (χ2n) is 11.0. The van der Waals surface area contributed by atoms with E-state index < -0.39 is 0 Å². The van der Waals surface area contributed by atoms with E-state index in [9.17, 15) is 0 Å². The third-order valence-corrected chi connectivity index (χ3v) is 11.3. The molecule has 0 fully saturated rings. The summed E-state index contributed by atoms with van der Waals surface area (Å²) in [6, 6.07) is 52.0. The van der Waals surface area contributed by atoms with Crippen LogP contribution in [0.3, 0.4) is 0 Å². The molecule has 0 aromatic heterocycles. The molecule has 43 heavy (non-hydrogen) atoms. The molecule has 6 aromatic rings. The molecule has 0 N–H and O–H groups in total. The predicted molar refractivity (Wildman–Crippen MR) is 197 cm³/mol. The van der Waals surface area contributed by atoms with Gasteiger partial charge in [0.2, 0.25) is 0 Å². The van der Waals surface area contributed by atoms with Gasteiger partial charge in [0.15, 0.2) is 0 Å². The molecule has 3 aliphatic rings. The van der Waals surface area contributed by atoms with Crippen LogP contribution in [0.2, 0.25) is 0 Å². The van der Waals surface area contributed by atoms with Crippen LogP contribution in [0.15, 0.2) is 140 Å². The fraction of sp³-hybridized carbons (Fsp3) is 0.100. The minimum atomic E-state index is 0.994. The second kappa shape index (κ2) is 13.2. The molecule has 6 aromatic carbocycles. The molecule has 12 bridgehead atoms. The molecule has 210 valence electrons. The van der Waals surface area contributed by atoms with Gasteiger partial charge in [-0.05, 0) is 95.4 Å². The molecule has 0 nitrogen and oxygen atoms in total. The van der Waals surface area contributed by atoms with Crippen LogP contribution in [0.4, 0.5) is 0 Å². The van der Waals surface area contributed by atoms with E-state index in [-0.39, 0.29) is 0 Å². The van der Waals surface area contributed by atoms with E-state index in [1.807, 2.05) is 23.5 Å². The van der Waals surface area contributed by atoms with Crippen molar-refractivity contribution in [2.75, 3.05) is 0 Å². The van der Waals surface area contributed by atoms with Gasteiger partial charge in [-0.1, -0.05) is 133 Å². The Bertz CT molecular complexity index is 1740. The van der Waals surface area contributed by atoms with Gasteiger partial charge in [0.1, 0.15) is 0 Å². The zero-order valence-corrected chi connectivity index (χ0v) is 27.6. The van der Waals surface area contributed by atoms with Crippen LogP contribution in [0.25, 0.3) is 44.5 Å². The van der Waals surface area contributed by atoms with Crippen molar-refractivity contribution in [1.29, 1.82) is 0 Å². The summed E-state index contributed by atoms with van der Waals surface area (Å²) >= 11 is 6.48. The molecule has 9 rings (SSSR count). The third kappa shape index (κ3) is 6.64. The standard InChI is InChI=1S/C40H31IS2/c41-40-38-11-4-12-39(40)33-19-15-29(16-20-33)25-43-27-31-6-2-8-35(22-31)37-10-3-9-36(23-37)34-7-1-5-30(21-34)26-42-24-28-13-17-32(38)18-14-28/h1-23H,24-27H2. The lowest BCUT2D eigenvalue weighted by molar-refractivity contribution is 1.36. The summed E-state index contributed by atoms with van der Waals surface area (Å²) in [6.45, 7) is 0. The van der Waals surface area contributed by atoms with E-state index in [1.165, 1.54) is 70.3 Å². The number of halogens is 1. The van der Waals surface area contributed by atoms with Gasteiger partial charge in [0.05, 0.1) is 0 Å². The van der Waals surface area contributed by atoms with Gasteiger partial charge in [-0.2, -0.15) is 23.5 Å². The van der Waals surface area contributed by atoms with Gasteiger partial charge in [-0.25, -0.2) is 0 Å². The maximum absolute atomic E-state index is 2.53. The SMILES string of the molecule is Ic1c2cccc1-c1ccc(cc1)CSCc1cccc(c1)-c1cccc(c1)-c1cccc(c1)CSCc1ccc-2cc1. The van der Waals surface area contributed by atoms with Gasteiger partial charge in [0.25, 0.3) is 0 Å². The molecule has 0 amide bonds. The lowest BCUT2D eigenvalue weighted by atomic mass is 9.97. The highest BCUT2D eigenvalue weighted by Crippen LogP contribution is 2.35. The molecule has 3 aliphatic heterocycles. The molecule has 0 aliphatic carbocycles. The normalized spacial score (nSPS) is 13.1. The van der Waals surface area contributed by atoms with E-state index in [4.69, 9.17) is 0 Å². The van der Waals surface area contributed by atoms with Crippen molar-refractivity contribution in [3.63, 3.8) is 0 Å². The molecule has 0 saturated carbocycles. The van der Waals surface area contributed by atoms with E-state index in [0.29, 0.717) is 0 Å². The van der Waals surface area contributed by atoms with Crippen LogP contribution in [0, 0.1) is 3.57 Å². The molecule has 0 saturated heterocycles. The van der Waals surface area contributed by atoms with Crippen LogP contribution in [-0.2, 0) is 23.0 Å². The average molecular weight is 703 g/mol. The Morgan fingerprint density at radius 1 is 0.349 bits per heavy atom. The van der Waals surface area contributed by atoms with Crippen molar-refractivity contribution in [2.45, 2.75) is 23.0 Å². The lowest BCUT2D eigenvalue weighted by Crippen LogP contribution is -1.90. The first-order valence-corrected chi connectivity index (χ1v) is 18.0. The summed E-state index contributed by atoms with van der Waals surface area (Å²) in [6.07, 6.45) is 0. The highest BCUT2D eigenvalue weighted by Gasteiger charge is 2.11. The molecule has 0 spiro atoms. The number of hydrogen-bond acceptors (Lipinski definition) is 2. The largest absolute Gasteiger partial charge is 0.152 e. The first-order valence-electron chi connectivity index (χ1n) is 14.6. The van der Waals surface area contributed by atoms with E-state index in [0.717, 1.165) is 23.0 Å². The van der Waals surface area contributed by atoms with Crippen molar-refractivity contribution in [3.8, 4) is 44.5 Å². The molecule has 3 heteroatoms. The summed E-state index contributed by atoms with van der Waals surface area (Å²) in [5.74, 6) is 3.98. The fourth-order valence-corrected chi connectivity index (χ4v) is 8.55. The maximum Gasteiger partial charge on any atom is 0.0287 e. The Morgan fingerprint density at radius 2 is 0.721 bits per heavy atom. The zero-order chi connectivity index (χ0) is 29.0. The Hall–Kier alpha value is -3.25. The fourth-order valence-electron chi connectivity index (χ4n) is 5.67. The van der Waals surface area contributed by atoms with Gasteiger partial charge < -0.3 is 0 Å². The smallest absolute Gasteiger partial charge is 0.0287 e. The number of hydrogen-bond donors (Lipinski definition) is 0. The first kappa shape index (κ1) is 28.5. The highest BCUT2D eigenvalue weighted by atomic mass is 127. The number of fused-ring (bicyclic) bond motifs is 2. The Kier molecular flexibility index (Phi) is 8.73. The molecule has 0 atom stereocenters. The summed E-state index contributed by atoms with van der Waals surface area (Å²) < 4.78 is 1.30. The highest BCUT2D eigenvalue weighted by molar-refractivity contribution is 14.1.